The van der Waals surface area contributed by atoms with Crippen molar-refractivity contribution >= 4 is 21.8 Å². The van der Waals surface area contributed by atoms with E-state index >= 15 is 0 Å². The number of rotatable bonds is 11. The predicted molar refractivity (Wildman–Crippen MR) is 215 cm³/mol. The first kappa shape index (κ1) is 38.2. The zero-order valence-corrected chi connectivity index (χ0v) is 34.1. The van der Waals surface area contributed by atoms with Crippen LogP contribution in [0, 0.1) is 58.6 Å². The van der Waals surface area contributed by atoms with Gasteiger partial charge in [0.05, 0.1) is 5.69 Å². The number of aromatic nitrogens is 4. The molecule has 0 saturated carbocycles. The van der Waals surface area contributed by atoms with Crippen LogP contribution in [-0.4, -0.2) is 19.3 Å². The summed E-state index contributed by atoms with van der Waals surface area (Å²) in [6.45, 7) is 20.1. The minimum Gasteiger partial charge on any atom is -0.509 e. The van der Waals surface area contributed by atoms with Gasteiger partial charge in [0.25, 0.3) is 0 Å². The molecule has 0 unspecified atom stereocenters. The van der Waals surface area contributed by atoms with Crippen molar-refractivity contribution in [2.75, 3.05) is 0 Å². The van der Waals surface area contributed by atoms with E-state index < -0.39 is 0 Å². The summed E-state index contributed by atoms with van der Waals surface area (Å²) in [6, 6.07) is 32.8. The third kappa shape index (κ3) is 7.91. The molecule has 0 saturated heterocycles. The molecule has 3 heterocycles. The molecule has 7 aromatic rings. The molecule has 0 spiro atoms. The minimum absolute atomic E-state index is 0. The maximum absolute atomic E-state index is 6.64. The third-order valence-electron chi connectivity index (χ3n) is 10.0. The van der Waals surface area contributed by atoms with Crippen molar-refractivity contribution in [1.29, 1.82) is 0 Å². The van der Waals surface area contributed by atoms with Gasteiger partial charge in [-0.05, 0) is 117 Å². The maximum Gasteiger partial charge on any atom is 2.00 e. The number of hydrogen-bond donors (Lipinski definition) is 0. The van der Waals surface area contributed by atoms with E-state index in [1.807, 2.05) is 24.4 Å². The summed E-state index contributed by atoms with van der Waals surface area (Å²) in [6.07, 6.45) is 5.86. The van der Waals surface area contributed by atoms with Gasteiger partial charge in [-0.15, -0.1) is 35.7 Å². The first-order valence-electron chi connectivity index (χ1n) is 18.8. The molecule has 5 nitrogen and oxygen atoms in total. The smallest absolute Gasteiger partial charge is 0.509 e. The Morgan fingerprint density at radius 1 is 0.679 bits per heavy atom. The number of benzene rings is 4. The van der Waals surface area contributed by atoms with Gasteiger partial charge in [-0.2, -0.15) is 16.7 Å². The van der Waals surface area contributed by atoms with Crippen LogP contribution < -0.4 is 4.74 Å². The maximum atomic E-state index is 6.64. The summed E-state index contributed by atoms with van der Waals surface area (Å²) >= 11 is 0. The van der Waals surface area contributed by atoms with Crippen molar-refractivity contribution in [1.82, 2.24) is 19.3 Å². The molecule has 53 heavy (non-hydrogen) atoms. The second-order valence-electron chi connectivity index (χ2n) is 15.5. The fraction of sp³-hybridized carbons (Fsp3) is 0.319. The van der Waals surface area contributed by atoms with Crippen LogP contribution in [-0.2, 0) is 33.3 Å². The third-order valence-corrected chi connectivity index (χ3v) is 10.0. The molecular formula is C47H50N4OPd. The number of ether oxygens (including phenoxy) is 1. The molecule has 0 aliphatic rings. The Balaban J connectivity index is 0.00000481. The van der Waals surface area contributed by atoms with Crippen LogP contribution in [0.25, 0.3) is 44.4 Å². The van der Waals surface area contributed by atoms with E-state index in [0.29, 0.717) is 23.3 Å². The van der Waals surface area contributed by atoms with Gasteiger partial charge in [0.2, 0.25) is 0 Å². The van der Waals surface area contributed by atoms with Gasteiger partial charge in [0.1, 0.15) is 5.82 Å². The van der Waals surface area contributed by atoms with Crippen molar-refractivity contribution in [3.05, 3.63) is 130 Å². The summed E-state index contributed by atoms with van der Waals surface area (Å²) in [5.41, 5.74) is 14.1. The Bertz CT molecular complexity index is 2390. The summed E-state index contributed by atoms with van der Waals surface area (Å²) in [5, 5.41) is 7.69. The molecule has 0 atom stereocenters. The van der Waals surface area contributed by atoms with E-state index in [-0.39, 0.29) is 20.4 Å². The van der Waals surface area contributed by atoms with Crippen LogP contribution >= 0.6 is 0 Å². The fourth-order valence-corrected chi connectivity index (χ4v) is 7.59. The van der Waals surface area contributed by atoms with Gasteiger partial charge in [-0.25, -0.2) is 4.98 Å². The topological polar surface area (TPSA) is 44.9 Å². The molecule has 0 aliphatic heterocycles. The summed E-state index contributed by atoms with van der Waals surface area (Å²) in [5.74, 6) is 3.27. The van der Waals surface area contributed by atoms with Crippen LogP contribution in [0.1, 0.15) is 79.7 Å². The van der Waals surface area contributed by atoms with Crippen LogP contribution in [0.5, 0.6) is 11.5 Å². The fourth-order valence-electron chi connectivity index (χ4n) is 7.59. The van der Waals surface area contributed by atoms with E-state index in [1.165, 1.54) is 33.5 Å². The second-order valence-corrected chi connectivity index (χ2v) is 15.5. The number of pyridine rings is 1. The molecule has 274 valence electrons. The molecule has 0 bridgehead atoms. The molecule has 0 fully saturated rings. The van der Waals surface area contributed by atoms with Gasteiger partial charge in [0.15, 0.2) is 0 Å². The van der Waals surface area contributed by atoms with Gasteiger partial charge in [0, 0.05) is 34.5 Å². The predicted octanol–water partition coefficient (Wildman–Crippen LogP) is 12.1. The number of fused-ring (bicyclic) bond motifs is 3. The van der Waals surface area contributed by atoms with Crippen LogP contribution in [0.15, 0.2) is 79.0 Å². The first-order valence-corrected chi connectivity index (χ1v) is 18.8. The second kappa shape index (κ2) is 15.9. The normalized spacial score (nSPS) is 11.6. The molecule has 0 aliphatic carbocycles. The zero-order chi connectivity index (χ0) is 36.7. The molecule has 0 amide bonds. The van der Waals surface area contributed by atoms with Gasteiger partial charge < -0.3 is 9.30 Å². The molecule has 0 N–H and O–H groups in total. The zero-order valence-electron chi connectivity index (χ0n) is 32.5. The Labute approximate surface area is 329 Å². The molecule has 4 aromatic carbocycles. The molecule has 7 rings (SSSR count). The number of hydrogen-bond acceptors (Lipinski definition) is 3. The summed E-state index contributed by atoms with van der Waals surface area (Å²) in [4.78, 5) is 4.74. The number of para-hydroxylation sites is 1. The first-order chi connectivity index (χ1) is 25.0. The molecule has 6 heteroatoms. The molecular weight excluding hydrogens is 743 g/mol. The molecule has 3 aromatic heterocycles. The van der Waals surface area contributed by atoms with E-state index in [9.17, 15) is 0 Å². The van der Waals surface area contributed by atoms with Crippen molar-refractivity contribution in [2.24, 2.45) is 11.8 Å². The van der Waals surface area contributed by atoms with Gasteiger partial charge in [-0.1, -0.05) is 76.0 Å². The van der Waals surface area contributed by atoms with Gasteiger partial charge >= 0.3 is 20.4 Å². The quantitative estimate of drug-likeness (QED) is 0.0968. The Hall–Kier alpha value is -4.50. The van der Waals surface area contributed by atoms with E-state index in [1.54, 1.807) is 0 Å². The largest absolute Gasteiger partial charge is 2.00 e. The summed E-state index contributed by atoms with van der Waals surface area (Å²) in [7, 11) is 0. The number of nitrogens with zero attached hydrogens (tertiary/aromatic N) is 4. The Morgan fingerprint density at radius 3 is 2.09 bits per heavy atom. The Morgan fingerprint density at radius 2 is 1.38 bits per heavy atom. The van der Waals surface area contributed by atoms with E-state index in [4.69, 9.17) is 14.8 Å². The summed E-state index contributed by atoms with van der Waals surface area (Å²) < 4.78 is 11.0. The number of aryl methyl sites for hydroxylation is 6. The van der Waals surface area contributed by atoms with E-state index in [0.717, 1.165) is 75.8 Å². The van der Waals surface area contributed by atoms with Crippen molar-refractivity contribution < 1.29 is 25.2 Å². The monoisotopic (exact) mass is 792 g/mol. The van der Waals surface area contributed by atoms with Crippen molar-refractivity contribution in [3.8, 4) is 34.1 Å². The SMILES string of the molecule is Cc1cc(Oc2[c-]c3c(cc2)c2ccccc2n3-c2cc(C)ccn2)[c-]c(-n2nc(CCC(C)C)c(-c3c(C)cc(C)cc3C)c2CCC(C)C)c1.[Pd+2]. The van der Waals surface area contributed by atoms with Crippen LogP contribution in [0.3, 0.4) is 0 Å². The van der Waals surface area contributed by atoms with Crippen molar-refractivity contribution in [3.63, 3.8) is 0 Å². The average molecular weight is 793 g/mol. The van der Waals surface area contributed by atoms with Crippen molar-refractivity contribution in [2.45, 2.75) is 88.0 Å². The Kier molecular flexibility index (Phi) is 11.4. The molecule has 0 radical (unpaired) electrons. The standard InChI is InChI=1S/C47H50N4O.Pd/c1-29(2)14-18-41-47(46-34(8)22-32(6)23-35(46)9)43(19-15-30(3)4)51(49-41)36-24-33(7)25-38(27-36)52-37-16-17-40-39-12-10-11-13-42(39)50(44(40)28-37)45-26-31(5)20-21-48-45;/h10-13,16-17,20-26,29-30H,14-15,18-19H2,1-9H3;/q-2;+2. The van der Waals surface area contributed by atoms with Crippen LogP contribution in [0.4, 0.5) is 0 Å². The van der Waals surface area contributed by atoms with Gasteiger partial charge in [-0.3, -0.25) is 4.68 Å². The van der Waals surface area contributed by atoms with E-state index in [2.05, 4.69) is 138 Å². The minimum atomic E-state index is 0. The van der Waals surface area contributed by atoms with Crippen LogP contribution in [0.2, 0.25) is 0 Å². The average Bonchev–Trinajstić information content (AvgIpc) is 3.61.